The number of ether oxygens (including phenoxy) is 1. The van der Waals surface area contributed by atoms with Gasteiger partial charge in [-0.1, -0.05) is 23.7 Å². The standard InChI is InChI=1S/C17H17ClN2O4S/c1-19-25(22,23)14-7-3-12(4-8-14)5-10-17(21)20-13-6-9-16(24-2)15(18)11-13/h3-11,19H,1-2H3,(H,20,21)/b10-5+. The fourth-order valence-corrected chi connectivity index (χ4v) is 2.96. The predicted octanol–water partition coefficient (Wildman–Crippen LogP) is 2.91. The van der Waals surface area contributed by atoms with Crippen molar-refractivity contribution in [2.45, 2.75) is 4.90 Å². The molecule has 0 aliphatic carbocycles. The summed E-state index contributed by atoms with van der Waals surface area (Å²) in [6.45, 7) is 0. The number of nitrogens with one attached hydrogen (secondary N) is 2. The number of carbonyl (C=O) groups excluding carboxylic acids is 1. The van der Waals surface area contributed by atoms with Gasteiger partial charge in [-0.15, -0.1) is 0 Å². The van der Waals surface area contributed by atoms with E-state index in [9.17, 15) is 13.2 Å². The highest BCUT2D eigenvalue weighted by Crippen LogP contribution is 2.27. The molecule has 0 aliphatic rings. The van der Waals surface area contributed by atoms with Gasteiger partial charge in [0.1, 0.15) is 5.75 Å². The predicted molar refractivity (Wildman–Crippen MR) is 98.4 cm³/mol. The van der Waals surface area contributed by atoms with Crippen LogP contribution in [0.3, 0.4) is 0 Å². The Morgan fingerprint density at radius 2 is 1.84 bits per heavy atom. The molecule has 0 atom stereocenters. The molecule has 0 radical (unpaired) electrons. The zero-order chi connectivity index (χ0) is 18.4. The van der Waals surface area contributed by atoms with Crippen LogP contribution in [0.5, 0.6) is 5.75 Å². The molecule has 8 heteroatoms. The second-order valence-electron chi connectivity index (χ2n) is 4.95. The third-order valence-corrected chi connectivity index (χ3v) is 5.03. The zero-order valence-corrected chi connectivity index (χ0v) is 15.2. The van der Waals surface area contributed by atoms with Crippen LogP contribution < -0.4 is 14.8 Å². The number of amides is 1. The summed E-state index contributed by atoms with van der Waals surface area (Å²) < 4.78 is 30.6. The van der Waals surface area contributed by atoms with Gasteiger partial charge in [-0.05, 0) is 49.0 Å². The molecule has 0 unspecified atom stereocenters. The maximum Gasteiger partial charge on any atom is 0.248 e. The van der Waals surface area contributed by atoms with Crippen molar-refractivity contribution in [2.75, 3.05) is 19.5 Å². The molecular weight excluding hydrogens is 364 g/mol. The largest absolute Gasteiger partial charge is 0.495 e. The van der Waals surface area contributed by atoms with E-state index in [-0.39, 0.29) is 10.8 Å². The quantitative estimate of drug-likeness (QED) is 0.754. The zero-order valence-electron chi connectivity index (χ0n) is 13.6. The summed E-state index contributed by atoms with van der Waals surface area (Å²) >= 11 is 6.00. The van der Waals surface area contributed by atoms with E-state index in [0.29, 0.717) is 22.0 Å². The molecule has 0 aliphatic heterocycles. The molecule has 0 bridgehead atoms. The van der Waals surface area contributed by atoms with Gasteiger partial charge >= 0.3 is 0 Å². The van der Waals surface area contributed by atoms with Crippen molar-refractivity contribution in [2.24, 2.45) is 0 Å². The van der Waals surface area contributed by atoms with Crippen molar-refractivity contribution < 1.29 is 17.9 Å². The number of methoxy groups -OCH3 is 1. The van der Waals surface area contributed by atoms with Gasteiger partial charge in [-0.3, -0.25) is 4.79 Å². The first kappa shape index (κ1) is 19.0. The summed E-state index contributed by atoms with van der Waals surface area (Å²) in [5, 5.41) is 3.07. The molecule has 0 aromatic heterocycles. The van der Waals surface area contributed by atoms with E-state index in [1.54, 1.807) is 36.4 Å². The van der Waals surface area contributed by atoms with Gasteiger partial charge in [-0.25, -0.2) is 13.1 Å². The van der Waals surface area contributed by atoms with Crippen LogP contribution in [-0.4, -0.2) is 28.5 Å². The normalized spacial score (nSPS) is 11.5. The van der Waals surface area contributed by atoms with Crippen LogP contribution in [0.2, 0.25) is 5.02 Å². The summed E-state index contributed by atoms with van der Waals surface area (Å²) in [6, 6.07) is 11.1. The second-order valence-corrected chi connectivity index (χ2v) is 7.24. The van der Waals surface area contributed by atoms with E-state index in [1.165, 1.54) is 32.4 Å². The fraction of sp³-hybridized carbons (Fsp3) is 0.118. The molecule has 6 nitrogen and oxygen atoms in total. The average molecular weight is 381 g/mol. The van der Waals surface area contributed by atoms with E-state index in [0.717, 1.165) is 0 Å². The van der Waals surface area contributed by atoms with Crippen LogP contribution in [0.15, 0.2) is 53.4 Å². The molecule has 0 fully saturated rings. The maximum atomic E-state index is 11.9. The number of carbonyl (C=O) groups is 1. The maximum absolute atomic E-state index is 11.9. The van der Waals surface area contributed by atoms with Gasteiger partial charge in [0.25, 0.3) is 0 Å². The number of halogens is 1. The Balaban J connectivity index is 2.04. The Hall–Kier alpha value is -2.35. The lowest BCUT2D eigenvalue weighted by atomic mass is 10.2. The smallest absolute Gasteiger partial charge is 0.248 e. The number of benzene rings is 2. The van der Waals surface area contributed by atoms with Gasteiger partial charge in [0.05, 0.1) is 17.0 Å². The van der Waals surface area contributed by atoms with Crippen LogP contribution in [0.4, 0.5) is 5.69 Å². The van der Waals surface area contributed by atoms with Crippen molar-refractivity contribution >= 4 is 39.3 Å². The number of sulfonamides is 1. The van der Waals surface area contributed by atoms with Crippen molar-refractivity contribution in [3.8, 4) is 5.75 Å². The Bertz CT molecular complexity index is 893. The molecule has 0 heterocycles. The first-order valence-corrected chi connectivity index (χ1v) is 9.08. The summed E-state index contributed by atoms with van der Waals surface area (Å²) in [7, 11) is -0.618. The molecule has 0 saturated carbocycles. The SMILES string of the molecule is CNS(=O)(=O)c1ccc(/C=C/C(=O)Nc2ccc(OC)c(Cl)c2)cc1. The highest BCUT2D eigenvalue weighted by atomic mass is 35.5. The highest BCUT2D eigenvalue weighted by Gasteiger charge is 2.09. The molecule has 2 rings (SSSR count). The van der Waals surface area contributed by atoms with Gasteiger partial charge < -0.3 is 10.1 Å². The lowest BCUT2D eigenvalue weighted by Crippen LogP contribution is -2.18. The Labute approximate surface area is 151 Å². The van der Waals surface area contributed by atoms with Gasteiger partial charge in [-0.2, -0.15) is 0 Å². The van der Waals surface area contributed by atoms with Crippen molar-refractivity contribution in [1.82, 2.24) is 4.72 Å². The van der Waals surface area contributed by atoms with Gasteiger partial charge in [0.2, 0.25) is 15.9 Å². The summed E-state index contributed by atoms with van der Waals surface area (Å²) in [5.74, 6) is 0.181. The van der Waals surface area contributed by atoms with Crippen molar-refractivity contribution in [1.29, 1.82) is 0 Å². The highest BCUT2D eigenvalue weighted by molar-refractivity contribution is 7.89. The molecule has 0 saturated heterocycles. The molecule has 1 amide bonds. The topological polar surface area (TPSA) is 84.5 Å². The lowest BCUT2D eigenvalue weighted by molar-refractivity contribution is -0.111. The minimum absolute atomic E-state index is 0.157. The van der Waals surface area contributed by atoms with Crippen molar-refractivity contribution in [3.63, 3.8) is 0 Å². The molecular formula is C17H17ClN2O4S. The molecule has 2 aromatic carbocycles. The molecule has 2 aromatic rings. The van der Waals surface area contributed by atoms with E-state index >= 15 is 0 Å². The van der Waals surface area contributed by atoms with E-state index < -0.39 is 10.0 Å². The van der Waals surface area contributed by atoms with Crippen LogP contribution in [-0.2, 0) is 14.8 Å². The average Bonchev–Trinajstić information content (AvgIpc) is 2.60. The summed E-state index contributed by atoms with van der Waals surface area (Å²) in [6.07, 6.45) is 2.93. The molecule has 0 spiro atoms. The fourth-order valence-electron chi connectivity index (χ4n) is 1.98. The first-order chi connectivity index (χ1) is 11.9. The van der Waals surface area contributed by atoms with E-state index in [1.807, 2.05) is 0 Å². The summed E-state index contributed by atoms with van der Waals surface area (Å²) in [5.41, 5.74) is 1.23. The van der Waals surface area contributed by atoms with Gasteiger partial charge in [0.15, 0.2) is 0 Å². The third kappa shape index (κ3) is 5.06. The monoisotopic (exact) mass is 380 g/mol. The van der Waals surface area contributed by atoms with Gasteiger partial charge in [0, 0.05) is 11.8 Å². The number of hydrogen-bond acceptors (Lipinski definition) is 4. The Kier molecular flexibility index (Phi) is 6.19. The van der Waals surface area contributed by atoms with Crippen molar-refractivity contribution in [3.05, 3.63) is 59.1 Å². The third-order valence-electron chi connectivity index (χ3n) is 3.31. The molecule has 2 N–H and O–H groups in total. The number of hydrogen-bond donors (Lipinski definition) is 2. The Morgan fingerprint density at radius 3 is 2.40 bits per heavy atom. The number of anilines is 1. The molecule has 25 heavy (non-hydrogen) atoms. The Morgan fingerprint density at radius 1 is 1.16 bits per heavy atom. The van der Waals surface area contributed by atoms with Crippen LogP contribution in [0.1, 0.15) is 5.56 Å². The first-order valence-electron chi connectivity index (χ1n) is 7.22. The van der Waals surface area contributed by atoms with E-state index in [2.05, 4.69) is 10.0 Å². The second kappa shape index (κ2) is 8.15. The number of rotatable bonds is 6. The minimum Gasteiger partial charge on any atom is -0.495 e. The van der Waals surface area contributed by atoms with E-state index in [4.69, 9.17) is 16.3 Å². The minimum atomic E-state index is -3.47. The van der Waals surface area contributed by atoms with Crippen LogP contribution in [0.25, 0.3) is 6.08 Å². The van der Waals surface area contributed by atoms with Crippen LogP contribution >= 0.6 is 11.6 Å². The lowest BCUT2D eigenvalue weighted by Gasteiger charge is -2.06. The molecule has 132 valence electrons. The summed E-state index contributed by atoms with van der Waals surface area (Å²) in [4.78, 5) is 12.1. The van der Waals surface area contributed by atoms with Crippen LogP contribution in [0, 0.1) is 0 Å².